The smallest absolute Gasteiger partial charge is 0.303 e. The normalized spacial score (nSPS) is 27.5. The van der Waals surface area contributed by atoms with Gasteiger partial charge in [0.05, 0.1) is 11.1 Å². The highest BCUT2D eigenvalue weighted by molar-refractivity contribution is 6.22. The van der Waals surface area contributed by atoms with Crippen LogP contribution in [0.4, 0.5) is 0 Å². The number of hydrogen-bond donors (Lipinski definition) is 1. The van der Waals surface area contributed by atoms with Gasteiger partial charge in [-0.05, 0) is 12.1 Å². The lowest BCUT2D eigenvalue weighted by Gasteiger charge is -2.49. The van der Waals surface area contributed by atoms with Crippen molar-refractivity contribution in [2.45, 2.75) is 44.7 Å². The van der Waals surface area contributed by atoms with E-state index in [1.165, 1.54) is 19.1 Å². The standard InChI is InChI=1S/C20H21N2O9/c1-10(23)28-8-15-16(30-11(2)24)17(31-12(3)25)20(21,9-29-15)22-18(26)13-6-4-5-7-14(13)19(22)27/h4-7,9,15-17H,8,21H2,1-3H3/t15-,16-,17+,20-/m1/s1. The van der Waals surface area contributed by atoms with Crippen molar-refractivity contribution >= 4 is 29.7 Å². The molecule has 4 atom stereocenters. The maximum Gasteiger partial charge on any atom is 0.303 e. The minimum absolute atomic E-state index is 0.110. The van der Waals surface area contributed by atoms with Gasteiger partial charge in [0.15, 0.2) is 17.9 Å². The first-order valence-corrected chi connectivity index (χ1v) is 9.30. The van der Waals surface area contributed by atoms with Crippen LogP contribution in [0.3, 0.4) is 0 Å². The number of fused-ring (bicyclic) bond motifs is 1. The van der Waals surface area contributed by atoms with Crippen molar-refractivity contribution in [2.75, 3.05) is 6.61 Å². The van der Waals surface area contributed by atoms with E-state index in [0.717, 1.165) is 20.5 Å². The zero-order valence-corrected chi connectivity index (χ0v) is 17.0. The molecule has 165 valence electrons. The fourth-order valence-corrected chi connectivity index (χ4v) is 3.52. The minimum Gasteiger partial charge on any atom is -0.463 e. The fourth-order valence-electron chi connectivity index (χ4n) is 3.52. The van der Waals surface area contributed by atoms with Crippen LogP contribution in [0.25, 0.3) is 0 Å². The Morgan fingerprint density at radius 1 is 1.00 bits per heavy atom. The summed E-state index contributed by atoms with van der Waals surface area (Å²) in [5, 5.41) is 0. The second kappa shape index (κ2) is 8.44. The van der Waals surface area contributed by atoms with Crippen molar-refractivity contribution in [3.63, 3.8) is 0 Å². The molecule has 0 bridgehead atoms. The van der Waals surface area contributed by atoms with Gasteiger partial charge in [0.1, 0.15) is 19.3 Å². The minimum atomic E-state index is -2.12. The molecule has 3 rings (SSSR count). The summed E-state index contributed by atoms with van der Waals surface area (Å²) in [6.45, 7) is 3.95. The Kier molecular flexibility index (Phi) is 6.09. The molecule has 1 radical (unpaired) electrons. The molecule has 2 heterocycles. The molecule has 1 aromatic rings. The van der Waals surface area contributed by atoms with Gasteiger partial charge in [0.2, 0.25) is 0 Å². The van der Waals surface area contributed by atoms with Crippen LogP contribution in [0.2, 0.25) is 0 Å². The van der Waals surface area contributed by atoms with Gasteiger partial charge < -0.3 is 24.7 Å². The van der Waals surface area contributed by atoms with Gasteiger partial charge in [0, 0.05) is 20.8 Å². The number of amides is 2. The van der Waals surface area contributed by atoms with Crippen LogP contribution in [0.5, 0.6) is 0 Å². The molecule has 0 unspecified atom stereocenters. The Bertz CT molecular complexity index is 911. The highest BCUT2D eigenvalue weighted by Gasteiger charge is 2.61. The van der Waals surface area contributed by atoms with Gasteiger partial charge in [-0.3, -0.25) is 24.0 Å². The van der Waals surface area contributed by atoms with E-state index >= 15 is 0 Å². The molecule has 2 N–H and O–H groups in total. The maximum atomic E-state index is 13.0. The van der Waals surface area contributed by atoms with Crippen molar-refractivity contribution < 1.29 is 42.9 Å². The van der Waals surface area contributed by atoms with E-state index in [9.17, 15) is 24.0 Å². The van der Waals surface area contributed by atoms with Crippen LogP contribution in [-0.4, -0.2) is 65.2 Å². The molecule has 0 aliphatic carbocycles. The van der Waals surface area contributed by atoms with Gasteiger partial charge >= 0.3 is 17.9 Å². The number of hydrogen-bond acceptors (Lipinski definition) is 10. The lowest BCUT2D eigenvalue weighted by molar-refractivity contribution is -0.215. The van der Waals surface area contributed by atoms with Crippen LogP contribution in [0.15, 0.2) is 24.3 Å². The molecule has 11 nitrogen and oxygen atoms in total. The van der Waals surface area contributed by atoms with Crippen molar-refractivity contribution in [1.82, 2.24) is 4.90 Å². The van der Waals surface area contributed by atoms with Gasteiger partial charge in [0.25, 0.3) is 11.8 Å². The van der Waals surface area contributed by atoms with E-state index in [-0.39, 0.29) is 17.7 Å². The SMILES string of the molecule is CC(=O)OC[C@H]1O[CH][C@@](N)(N2C(=O)c3ccccc3C2=O)[C@@H](OC(C)=O)[C@@H]1OC(C)=O. The molecule has 2 amide bonds. The van der Waals surface area contributed by atoms with E-state index in [1.807, 2.05) is 0 Å². The molecular formula is C20H21N2O9. The number of benzene rings is 1. The quantitative estimate of drug-likeness (QED) is 0.379. The Morgan fingerprint density at radius 3 is 2.03 bits per heavy atom. The van der Waals surface area contributed by atoms with Crippen molar-refractivity contribution in [1.29, 1.82) is 0 Å². The number of imide groups is 1. The van der Waals surface area contributed by atoms with Gasteiger partial charge in [-0.25, -0.2) is 4.90 Å². The molecule has 11 heteroatoms. The molecule has 0 aromatic heterocycles. The van der Waals surface area contributed by atoms with Crippen LogP contribution < -0.4 is 5.73 Å². The highest BCUT2D eigenvalue weighted by atomic mass is 16.6. The summed E-state index contributed by atoms with van der Waals surface area (Å²) in [7, 11) is 0. The number of carbonyl (C=O) groups excluding carboxylic acids is 5. The van der Waals surface area contributed by atoms with E-state index in [1.54, 1.807) is 12.1 Å². The van der Waals surface area contributed by atoms with Crippen molar-refractivity contribution in [2.24, 2.45) is 5.73 Å². The molecule has 1 aromatic carbocycles. The molecule has 0 spiro atoms. The Morgan fingerprint density at radius 2 is 1.55 bits per heavy atom. The third-order valence-corrected chi connectivity index (χ3v) is 4.78. The topological polar surface area (TPSA) is 152 Å². The molecular weight excluding hydrogens is 412 g/mol. The summed E-state index contributed by atoms with van der Waals surface area (Å²) in [6.07, 6.45) is -4.03. The summed E-state index contributed by atoms with van der Waals surface area (Å²) < 4.78 is 21.1. The largest absolute Gasteiger partial charge is 0.463 e. The predicted molar refractivity (Wildman–Crippen MR) is 101 cm³/mol. The van der Waals surface area contributed by atoms with Gasteiger partial charge in [-0.15, -0.1) is 0 Å². The summed E-state index contributed by atoms with van der Waals surface area (Å²) in [5.41, 5.74) is 4.53. The first-order valence-electron chi connectivity index (χ1n) is 9.30. The fraction of sp³-hybridized carbons (Fsp3) is 0.400. The van der Waals surface area contributed by atoms with Crippen LogP contribution >= 0.6 is 0 Å². The number of ether oxygens (including phenoxy) is 4. The zero-order chi connectivity index (χ0) is 22.9. The van der Waals surface area contributed by atoms with E-state index in [4.69, 9.17) is 24.7 Å². The molecule has 0 saturated carbocycles. The van der Waals surface area contributed by atoms with Crippen molar-refractivity contribution in [3.05, 3.63) is 42.0 Å². The van der Waals surface area contributed by atoms with Crippen LogP contribution in [0.1, 0.15) is 41.5 Å². The average Bonchev–Trinajstić information content (AvgIpc) is 2.95. The first-order chi connectivity index (χ1) is 14.6. The van der Waals surface area contributed by atoms with Crippen molar-refractivity contribution in [3.8, 4) is 0 Å². The van der Waals surface area contributed by atoms with E-state index in [2.05, 4.69) is 0 Å². The average molecular weight is 433 g/mol. The Balaban J connectivity index is 2.03. The monoisotopic (exact) mass is 433 g/mol. The third kappa shape index (κ3) is 4.14. The molecule has 2 aliphatic rings. The van der Waals surface area contributed by atoms with Crippen LogP contribution in [-0.2, 0) is 33.3 Å². The number of rotatable bonds is 5. The Hall–Kier alpha value is -3.31. The second-order valence-corrected chi connectivity index (χ2v) is 7.08. The summed E-state index contributed by atoms with van der Waals surface area (Å²) in [6, 6.07) is 6.07. The first kappa shape index (κ1) is 22.4. The summed E-state index contributed by atoms with van der Waals surface area (Å²) in [5.74, 6) is -3.68. The van der Waals surface area contributed by atoms with E-state index in [0.29, 0.717) is 4.90 Å². The second-order valence-electron chi connectivity index (χ2n) is 7.08. The molecule has 2 aliphatic heterocycles. The van der Waals surface area contributed by atoms with Gasteiger partial charge in [-0.2, -0.15) is 0 Å². The van der Waals surface area contributed by atoms with E-state index < -0.39 is 53.7 Å². The number of esters is 3. The summed E-state index contributed by atoms with van der Waals surface area (Å²) in [4.78, 5) is 61.5. The lowest BCUT2D eigenvalue weighted by atomic mass is 9.90. The number of nitrogens with two attached hydrogens (primary N) is 1. The molecule has 1 fully saturated rings. The highest BCUT2D eigenvalue weighted by Crippen LogP contribution is 2.38. The number of carbonyl (C=O) groups is 5. The maximum absolute atomic E-state index is 13.0. The lowest BCUT2D eigenvalue weighted by Crippen LogP contribution is -2.74. The predicted octanol–water partition coefficient (Wildman–Crippen LogP) is -0.0753. The van der Waals surface area contributed by atoms with Gasteiger partial charge in [-0.1, -0.05) is 12.1 Å². The van der Waals surface area contributed by atoms with Crippen LogP contribution in [0, 0.1) is 6.61 Å². The molecule has 1 saturated heterocycles. The Labute approximate surface area is 177 Å². The third-order valence-electron chi connectivity index (χ3n) is 4.78. The summed E-state index contributed by atoms with van der Waals surface area (Å²) >= 11 is 0. The molecule has 31 heavy (non-hydrogen) atoms. The zero-order valence-electron chi connectivity index (χ0n) is 17.0. The number of nitrogens with zero attached hydrogens (tertiary/aromatic N) is 1.